The van der Waals surface area contributed by atoms with Gasteiger partial charge in [0.05, 0.1) is 11.9 Å². The zero-order chi connectivity index (χ0) is 9.10. The van der Waals surface area contributed by atoms with E-state index in [-0.39, 0.29) is 0 Å². The molecule has 1 saturated heterocycles. The molecule has 0 aliphatic carbocycles. The first kappa shape index (κ1) is 8.94. The Kier molecular flexibility index (Phi) is 2.78. The van der Waals surface area contributed by atoms with Gasteiger partial charge in [-0.2, -0.15) is 16.9 Å². The molecule has 4 heteroatoms. The first-order valence-corrected chi connectivity index (χ1v) is 5.83. The van der Waals surface area contributed by atoms with Crippen LogP contribution in [0.15, 0.2) is 12.4 Å². The van der Waals surface area contributed by atoms with Crippen molar-refractivity contribution in [3.05, 3.63) is 12.4 Å². The van der Waals surface area contributed by atoms with Crippen molar-refractivity contribution in [3.63, 3.8) is 0 Å². The maximum Gasteiger partial charge on any atom is 0.0728 e. The lowest BCUT2D eigenvalue weighted by atomic mass is 10.2. The molecule has 1 aliphatic rings. The Morgan fingerprint density at radius 3 is 3.23 bits per heavy atom. The van der Waals surface area contributed by atoms with Gasteiger partial charge in [-0.05, 0) is 18.6 Å². The van der Waals surface area contributed by atoms with Gasteiger partial charge in [0.15, 0.2) is 0 Å². The van der Waals surface area contributed by atoms with Crippen LogP contribution in [0.25, 0.3) is 0 Å². The van der Waals surface area contributed by atoms with Crippen molar-refractivity contribution >= 4 is 17.4 Å². The Hall–Kier alpha value is -0.640. The number of nitrogens with zero attached hydrogens (tertiary/aromatic N) is 2. The number of hydrogen-bond acceptors (Lipinski definition) is 3. The molecule has 0 spiro atoms. The zero-order valence-corrected chi connectivity index (χ0v) is 8.68. The van der Waals surface area contributed by atoms with Crippen LogP contribution in [0.2, 0.25) is 0 Å². The van der Waals surface area contributed by atoms with Gasteiger partial charge in [-0.15, -0.1) is 0 Å². The van der Waals surface area contributed by atoms with Crippen molar-refractivity contribution in [2.75, 3.05) is 16.8 Å². The second-order valence-electron chi connectivity index (χ2n) is 3.46. The van der Waals surface area contributed by atoms with Crippen LogP contribution in [0.4, 0.5) is 5.69 Å². The van der Waals surface area contributed by atoms with Crippen LogP contribution in [0.5, 0.6) is 0 Å². The van der Waals surface area contributed by atoms with E-state index in [1.54, 1.807) is 0 Å². The molecule has 72 valence electrons. The Morgan fingerprint density at radius 2 is 2.62 bits per heavy atom. The third kappa shape index (κ3) is 2.40. The summed E-state index contributed by atoms with van der Waals surface area (Å²) in [6.45, 7) is 0. The van der Waals surface area contributed by atoms with E-state index in [1.165, 1.54) is 24.3 Å². The third-order valence-electron chi connectivity index (χ3n) is 2.24. The topological polar surface area (TPSA) is 29.9 Å². The standard InChI is InChI=1S/C9H15N3S/c1-12-6-9(5-10-12)11-8-3-2-4-13-7-8/h5-6,8,11H,2-4,7H2,1H3. The lowest BCUT2D eigenvalue weighted by molar-refractivity contribution is 0.685. The number of aromatic nitrogens is 2. The Bertz CT molecular complexity index is 266. The van der Waals surface area contributed by atoms with Crippen molar-refractivity contribution < 1.29 is 0 Å². The SMILES string of the molecule is Cn1cc(NC2CCCSC2)cn1. The molecule has 1 unspecified atom stereocenters. The molecule has 1 aliphatic heterocycles. The molecule has 1 N–H and O–H groups in total. The van der Waals surface area contributed by atoms with Gasteiger partial charge in [0.25, 0.3) is 0 Å². The van der Waals surface area contributed by atoms with Crippen LogP contribution in [0.1, 0.15) is 12.8 Å². The number of aryl methyl sites for hydroxylation is 1. The Balaban J connectivity index is 1.89. The fourth-order valence-electron chi connectivity index (χ4n) is 1.59. The fourth-order valence-corrected chi connectivity index (χ4v) is 2.66. The number of rotatable bonds is 2. The summed E-state index contributed by atoms with van der Waals surface area (Å²) >= 11 is 2.04. The molecular formula is C9H15N3S. The number of nitrogens with one attached hydrogen (secondary N) is 1. The summed E-state index contributed by atoms with van der Waals surface area (Å²) in [4.78, 5) is 0. The second kappa shape index (κ2) is 4.05. The molecule has 0 bridgehead atoms. The van der Waals surface area contributed by atoms with Crippen LogP contribution < -0.4 is 5.32 Å². The van der Waals surface area contributed by atoms with Crippen molar-refractivity contribution in [1.29, 1.82) is 0 Å². The van der Waals surface area contributed by atoms with Gasteiger partial charge in [0.2, 0.25) is 0 Å². The Morgan fingerprint density at radius 1 is 1.69 bits per heavy atom. The van der Waals surface area contributed by atoms with Gasteiger partial charge in [-0.25, -0.2) is 0 Å². The summed E-state index contributed by atoms with van der Waals surface area (Å²) in [5.41, 5.74) is 1.15. The smallest absolute Gasteiger partial charge is 0.0728 e. The maximum atomic E-state index is 4.13. The van der Waals surface area contributed by atoms with Gasteiger partial charge in [-0.3, -0.25) is 4.68 Å². The zero-order valence-electron chi connectivity index (χ0n) is 7.86. The van der Waals surface area contributed by atoms with Crippen molar-refractivity contribution in [2.24, 2.45) is 7.05 Å². The summed E-state index contributed by atoms with van der Waals surface area (Å²) in [7, 11) is 1.95. The molecular weight excluding hydrogens is 182 g/mol. The first-order valence-electron chi connectivity index (χ1n) is 4.67. The molecule has 1 fully saturated rings. The molecule has 2 heterocycles. The van der Waals surface area contributed by atoms with Gasteiger partial charge < -0.3 is 5.32 Å². The van der Waals surface area contributed by atoms with Crippen molar-refractivity contribution in [1.82, 2.24) is 9.78 Å². The van der Waals surface area contributed by atoms with Crippen LogP contribution in [-0.2, 0) is 7.05 Å². The molecule has 13 heavy (non-hydrogen) atoms. The average molecular weight is 197 g/mol. The minimum Gasteiger partial charge on any atom is -0.379 e. The normalized spacial score (nSPS) is 23.0. The van der Waals surface area contributed by atoms with E-state index in [0.29, 0.717) is 6.04 Å². The predicted octanol–water partition coefficient (Wildman–Crippen LogP) is 1.73. The monoisotopic (exact) mass is 197 g/mol. The summed E-state index contributed by atoms with van der Waals surface area (Å²) in [5.74, 6) is 2.56. The molecule has 3 nitrogen and oxygen atoms in total. The van der Waals surface area contributed by atoms with E-state index in [9.17, 15) is 0 Å². The van der Waals surface area contributed by atoms with E-state index in [0.717, 1.165) is 5.69 Å². The molecule has 1 aromatic heterocycles. The van der Waals surface area contributed by atoms with Gasteiger partial charge >= 0.3 is 0 Å². The number of anilines is 1. The van der Waals surface area contributed by atoms with Gasteiger partial charge in [0, 0.05) is 25.0 Å². The van der Waals surface area contributed by atoms with Gasteiger partial charge in [-0.1, -0.05) is 0 Å². The van der Waals surface area contributed by atoms with Crippen LogP contribution in [0, 0.1) is 0 Å². The maximum absolute atomic E-state index is 4.13. The lowest BCUT2D eigenvalue weighted by Gasteiger charge is -2.22. The minimum absolute atomic E-state index is 0.642. The summed E-state index contributed by atoms with van der Waals surface area (Å²) < 4.78 is 1.83. The highest BCUT2D eigenvalue weighted by Gasteiger charge is 2.13. The second-order valence-corrected chi connectivity index (χ2v) is 4.61. The van der Waals surface area contributed by atoms with E-state index in [1.807, 2.05) is 35.9 Å². The molecule has 2 rings (SSSR count). The summed E-state index contributed by atoms with van der Waals surface area (Å²) in [5, 5.41) is 7.63. The van der Waals surface area contributed by atoms with Crippen molar-refractivity contribution in [2.45, 2.75) is 18.9 Å². The molecule has 0 radical (unpaired) electrons. The van der Waals surface area contributed by atoms with Crippen LogP contribution >= 0.6 is 11.8 Å². The summed E-state index contributed by atoms with van der Waals surface area (Å²) in [6, 6.07) is 0.642. The molecule has 0 aromatic carbocycles. The Labute approximate surface area is 82.9 Å². The molecule has 1 atom stereocenters. The van der Waals surface area contributed by atoms with E-state index >= 15 is 0 Å². The largest absolute Gasteiger partial charge is 0.379 e. The lowest BCUT2D eigenvalue weighted by Crippen LogP contribution is -2.25. The van der Waals surface area contributed by atoms with Crippen LogP contribution in [-0.4, -0.2) is 27.3 Å². The number of thioether (sulfide) groups is 1. The number of hydrogen-bond donors (Lipinski definition) is 1. The highest BCUT2D eigenvalue weighted by atomic mass is 32.2. The fraction of sp³-hybridized carbons (Fsp3) is 0.667. The predicted molar refractivity (Wildman–Crippen MR) is 57.2 cm³/mol. The molecule has 0 amide bonds. The average Bonchev–Trinajstić information content (AvgIpc) is 2.53. The highest BCUT2D eigenvalue weighted by molar-refractivity contribution is 7.99. The molecule has 0 saturated carbocycles. The van der Waals surface area contributed by atoms with Crippen LogP contribution in [0.3, 0.4) is 0 Å². The highest BCUT2D eigenvalue weighted by Crippen LogP contribution is 2.20. The van der Waals surface area contributed by atoms with E-state index in [4.69, 9.17) is 0 Å². The minimum atomic E-state index is 0.642. The van der Waals surface area contributed by atoms with E-state index < -0.39 is 0 Å². The third-order valence-corrected chi connectivity index (χ3v) is 3.45. The van der Waals surface area contributed by atoms with Crippen molar-refractivity contribution in [3.8, 4) is 0 Å². The first-order chi connectivity index (χ1) is 6.34. The van der Waals surface area contributed by atoms with E-state index in [2.05, 4.69) is 10.4 Å². The van der Waals surface area contributed by atoms with Gasteiger partial charge in [0.1, 0.15) is 0 Å². The molecule has 1 aromatic rings. The summed E-state index contributed by atoms with van der Waals surface area (Å²) in [6.07, 6.45) is 6.54. The quantitative estimate of drug-likeness (QED) is 0.783.